The number of imide groups is 2. The molecule has 0 spiro atoms. The molecule has 26 heavy (non-hydrogen) atoms. The number of hydrogen-bond donors (Lipinski definition) is 3. The quantitative estimate of drug-likeness (QED) is 0.168. The summed E-state index contributed by atoms with van der Waals surface area (Å²) < 4.78 is 1.45. The molecule has 1 saturated heterocycles. The van der Waals surface area contributed by atoms with E-state index in [1.165, 1.54) is 29.3 Å². The molecule has 0 radical (unpaired) electrons. The number of rotatable bonds is 4. The molecule has 2 aliphatic heterocycles. The minimum atomic E-state index is -1.22. The van der Waals surface area contributed by atoms with Crippen molar-refractivity contribution in [1.82, 2.24) is 15.6 Å². The molecule has 10 nitrogen and oxygen atoms in total. The van der Waals surface area contributed by atoms with E-state index in [4.69, 9.17) is 5.84 Å². The molecule has 1 unspecified atom stereocenters. The summed E-state index contributed by atoms with van der Waals surface area (Å²) in [7, 11) is 0. The van der Waals surface area contributed by atoms with Gasteiger partial charge in [-0.25, -0.2) is 15.2 Å². The minimum Gasteiger partial charge on any atom is -0.290 e. The van der Waals surface area contributed by atoms with Crippen LogP contribution in [0.5, 0.6) is 0 Å². The topological polar surface area (TPSA) is 137 Å². The van der Waals surface area contributed by atoms with Gasteiger partial charge in [0.2, 0.25) is 11.6 Å². The lowest BCUT2D eigenvalue weighted by atomic mass is 10.1. The van der Waals surface area contributed by atoms with Crippen molar-refractivity contribution in [2.45, 2.75) is 0 Å². The van der Waals surface area contributed by atoms with Crippen molar-refractivity contribution in [2.24, 2.45) is 16.8 Å². The first-order chi connectivity index (χ1) is 12.5. The SMILES string of the molecule is C=CCN1C(=O)NC(=O)C(C=[N+]2C=Nc3ccc(C(=O)NN)cc32)C1=O. The van der Waals surface area contributed by atoms with Crippen molar-refractivity contribution in [2.75, 3.05) is 6.54 Å². The van der Waals surface area contributed by atoms with Crippen molar-refractivity contribution in [1.29, 1.82) is 0 Å². The summed E-state index contributed by atoms with van der Waals surface area (Å²) in [6, 6.07) is 3.89. The maximum absolute atomic E-state index is 12.5. The van der Waals surface area contributed by atoms with Crippen LogP contribution in [0.3, 0.4) is 0 Å². The van der Waals surface area contributed by atoms with E-state index in [0.29, 0.717) is 11.4 Å². The van der Waals surface area contributed by atoms with Gasteiger partial charge in [-0.05, 0) is 17.1 Å². The molecule has 3 rings (SSSR count). The molecule has 10 heteroatoms. The standard InChI is InChI=1S/C16H14N6O4/c1-2-5-22-15(25)10(14(24)19-16(22)26)7-21-8-18-11-4-3-9(6-12(11)21)13(23)20-17/h2-4,6-8,10H,1,5,17H2,(H-,19,20,23,24,26)/p+1. The largest absolute Gasteiger partial charge is 0.331 e. The molecular weight excluding hydrogens is 340 g/mol. The van der Waals surface area contributed by atoms with E-state index in [0.717, 1.165) is 4.90 Å². The van der Waals surface area contributed by atoms with Gasteiger partial charge in [-0.15, -0.1) is 6.58 Å². The summed E-state index contributed by atoms with van der Waals surface area (Å²) in [5.74, 6) is 2.01. The van der Waals surface area contributed by atoms with Crippen molar-refractivity contribution in [3.05, 3.63) is 36.4 Å². The molecule has 2 aliphatic rings. The smallest absolute Gasteiger partial charge is 0.290 e. The Bertz CT molecular complexity index is 904. The molecule has 132 valence electrons. The molecule has 0 aromatic heterocycles. The molecule has 4 N–H and O–H groups in total. The molecular formula is C16H15N6O4+. The zero-order valence-electron chi connectivity index (χ0n) is 13.5. The number of nitrogen functional groups attached to an aromatic ring is 1. The predicted molar refractivity (Wildman–Crippen MR) is 91.2 cm³/mol. The minimum absolute atomic E-state index is 0.0201. The number of aliphatic imine (C=N–C) groups is 1. The molecule has 0 aliphatic carbocycles. The van der Waals surface area contributed by atoms with Gasteiger partial charge >= 0.3 is 6.03 Å². The first-order valence-electron chi connectivity index (χ1n) is 7.56. The highest BCUT2D eigenvalue weighted by molar-refractivity contribution is 6.23. The summed E-state index contributed by atoms with van der Waals surface area (Å²) in [5, 5.41) is 2.13. The van der Waals surface area contributed by atoms with Crippen molar-refractivity contribution in [3.63, 3.8) is 0 Å². The maximum Gasteiger partial charge on any atom is 0.331 e. The average Bonchev–Trinajstić information content (AvgIpc) is 3.03. The van der Waals surface area contributed by atoms with Crippen LogP contribution in [0.1, 0.15) is 10.4 Å². The number of carbonyl (C=O) groups is 4. The number of barbiturate groups is 1. The lowest BCUT2D eigenvalue weighted by Crippen LogP contribution is -2.58. The summed E-state index contributed by atoms with van der Waals surface area (Å²) >= 11 is 0. The first-order valence-corrected chi connectivity index (χ1v) is 7.56. The average molecular weight is 355 g/mol. The number of amides is 5. The second kappa shape index (κ2) is 6.69. The molecule has 0 saturated carbocycles. The van der Waals surface area contributed by atoms with E-state index in [-0.39, 0.29) is 12.1 Å². The van der Waals surface area contributed by atoms with E-state index in [2.05, 4.69) is 16.9 Å². The van der Waals surface area contributed by atoms with Crippen molar-refractivity contribution >= 4 is 47.7 Å². The second-order valence-corrected chi connectivity index (χ2v) is 5.49. The molecule has 1 fully saturated rings. The Morgan fingerprint density at radius 3 is 2.88 bits per heavy atom. The van der Waals surface area contributed by atoms with E-state index < -0.39 is 29.7 Å². The highest BCUT2D eigenvalue weighted by Gasteiger charge is 2.41. The maximum atomic E-state index is 12.5. The second-order valence-electron chi connectivity index (χ2n) is 5.49. The third kappa shape index (κ3) is 2.89. The lowest BCUT2D eigenvalue weighted by Gasteiger charge is -2.27. The number of hydrazine groups is 1. The summed E-state index contributed by atoms with van der Waals surface area (Å²) in [6.45, 7) is 3.47. The third-order valence-corrected chi connectivity index (χ3v) is 3.88. The van der Waals surface area contributed by atoms with E-state index in [1.54, 1.807) is 12.1 Å². The van der Waals surface area contributed by atoms with Gasteiger partial charge in [-0.1, -0.05) is 6.08 Å². The van der Waals surface area contributed by atoms with E-state index in [9.17, 15) is 19.2 Å². The number of benzene rings is 1. The fourth-order valence-electron chi connectivity index (χ4n) is 2.59. The van der Waals surface area contributed by atoms with Crippen LogP contribution in [0, 0.1) is 5.92 Å². The number of nitrogens with two attached hydrogens (primary N) is 1. The monoisotopic (exact) mass is 355 g/mol. The Morgan fingerprint density at radius 1 is 1.42 bits per heavy atom. The Labute approximate surface area is 147 Å². The Kier molecular flexibility index (Phi) is 4.42. The lowest BCUT2D eigenvalue weighted by molar-refractivity contribution is -0.285. The number of urea groups is 1. The molecule has 5 amide bonds. The summed E-state index contributed by atoms with van der Waals surface area (Å²) in [4.78, 5) is 53.1. The normalized spacial score (nSPS) is 20.2. The van der Waals surface area contributed by atoms with Crippen LogP contribution in [0.2, 0.25) is 0 Å². The third-order valence-electron chi connectivity index (χ3n) is 3.88. The highest BCUT2D eigenvalue weighted by atomic mass is 16.2. The predicted octanol–water partition coefficient (Wildman–Crippen LogP) is -0.441. The van der Waals surface area contributed by atoms with Gasteiger partial charge in [0, 0.05) is 18.2 Å². The van der Waals surface area contributed by atoms with Gasteiger partial charge in [0.1, 0.15) is 0 Å². The molecule has 0 bridgehead atoms. The van der Waals surface area contributed by atoms with Crippen molar-refractivity contribution < 1.29 is 23.8 Å². The number of carbonyl (C=O) groups excluding carboxylic acids is 4. The molecule has 2 heterocycles. The van der Waals surface area contributed by atoms with E-state index >= 15 is 0 Å². The molecule has 1 aromatic rings. The van der Waals surface area contributed by atoms with Crippen LogP contribution < -0.4 is 16.6 Å². The Hall–Kier alpha value is -3.66. The van der Waals surface area contributed by atoms with Gasteiger partial charge in [0.15, 0.2) is 11.6 Å². The number of nitrogens with one attached hydrogen (secondary N) is 2. The number of fused-ring (bicyclic) bond motifs is 1. The summed E-state index contributed by atoms with van der Waals surface area (Å²) in [6.07, 6.45) is 4.12. The Morgan fingerprint density at radius 2 is 2.19 bits per heavy atom. The number of nitrogens with zero attached hydrogens (tertiary/aromatic N) is 3. The fraction of sp³-hybridized carbons (Fsp3) is 0.125. The molecule has 1 aromatic carbocycles. The van der Waals surface area contributed by atoms with Crippen LogP contribution in [-0.2, 0) is 9.59 Å². The summed E-state index contributed by atoms with van der Waals surface area (Å²) in [5.41, 5.74) is 3.37. The van der Waals surface area contributed by atoms with Crippen LogP contribution in [-0.4, -0.2) is 52.3 Å². The van der Waals surface area contributed by atoms with Crippen LogP contribution in [0.25, 0.3) is 0 Å². The van der Waals surface area contributed by atoms with Gasteiger partial charge < -0.3 is 0 Å². The van der Waals surface area contributed by atoms with E-state index in [1.807, 2.05) is 5.43 Å². The van der Waals surface area contributed by atoms with Gasteiger partial charge in [0.05, 0.1) is 6.21 Å². The van der Waals surface area contributed by atoms with Gasteiger partial charge in [-0.2, -0.15) is 0 Å². The fourth-order valence-corrected chi connectivity index (χ4v) is 2.59. The van der Waals surface area contributed by atoms with Crippen LogP contribution in [0.4, 0.5) is 16.2 Å². The Balaban J connectivity index is 1.96. The molecule has 1 atom stereocenters. The van der Waals surface area contributed by atoms with Crippen LogP contribution in [0.15, 0.2) is 35.8 Å². The van der Waals surface area contributed by atoms with Crippen LogP contribution >= 0.6 is 0 Å². The van der Waals surface area contributed by atoms with Crippen molar-refractivity contribution in [3.8, 4) is 0 Å². The first kappa shape index (κ1) is 17.2. The zero-order valence-corrected chi connectivity index (χ0v) is 13.5. The van der Waals surface area contributed by atoms with Gasteiger partial charge in [0.25, 0.3) is 18.2 Å². The van der Waals surface area contributed by atoms with Gasteiger partial charge in [-0.3, -0.25) is 30.0 Å². The number of hydrogen-bond acceptors (Lipinski definition) is 6. The zero-order chi connectivity index (χ0) is 18.8. The highest BCUT2D eigenvalue weighted by Crippen LogP contribution is 2.32.